The Labute approximate surface area is 147 Å². The summed E-state index contributed by atoms with van der Waals surface area (Å²) in [7, 11) is 0. The highest BCUT2D eigenvalue weighted by Gasteiger charge is 2.18. The van der Waals surface area contributed by atoms with Crippen molar-refractivity contribution in [3.8, 4) is 11.8 Å². The molecule has 1 amide bonds. The second-order valence-corrected chi connectivity index (χ2v) is 6.00. The van der Waals surface area contributed by atoms with Crippen molar-refractivity contribution in [1.82, 2.24) is 9.88 Å². The molecule has 0 aliphatic rings. The molecule has 124 valence electrons. The van der Waals surface area contributed by atoms with Crippen molar-refractivity contribution in [3.05, 3.63) is 88.7 Å². The van der Waals surface area contributed by atoms with Crippen LogP contribution in [0.25, 0.3) is 5.69 Å². The van der Waals surface area contributed by atoms with Gasteiger partial charge in [-0.3, -0.25) is 4.79 Å². The predicted molar refractivity (Wildman–Crippen MR) is 97.6 cm³/mol. The van der Waals surface area contributed by atoms with E-state index in [4.69, 9.17) is 0 Å². The second-order valence-electron chi connectivity index (χ2n) is 6.00. The summed E-state index contributed by atoms with van der Waals surface area (Å²) in [4.78, 5) is 12.7. The molecule has 0 radical (unpaired) electrons. The standard InChI is InChI=1S/C21H19N3O/c1-15-8-9-19(12-16(15)2)24-11-10-18(13-22)20(24)21(25)23-14-17-6-4-3-5-7-17/h3-12H,14H2,1-2H3,(H,23,25). The van der Waals surface area contributed by atoms with Crippen LogP contribution in [0.1, 0.15) is 32.7 Å². The number of nitrogens with zero attached hydrogens (tertiary/aromatic N) is 2. The zero-order chi connectivity index (χ0) is 17.8. The van der Waals surface area contributed by atoms with E-state index in [0.29, 0.717) is 17.8 Å². The average Bonchev–Trinajstić information content (AvgIpc) is 3.07. The number of nitrogens with one attached hydrogen (secondary N) is 1. The molecule has 0 aliphatic heterocycles. The molecule has 4 nitrogen and oxygen atoms in total. The molecule has 1 aromatic heterocycles. The highest BCUT2D eigenvalue weighted by Crippen LogP contribution is 2.20. The molecule has 3 rings (SSSR count). The van der Waals surface area contributed by atoms with Crippen molar-refractivity contribution in [1.29, 1.82) is 5.26 Å². The number of hydrogen-bond acceptors (Lipinski definition) is 2. The molecule has 0 saturated carbocycles. The van der Waals surface area contributed by atoms with E-state index in [1.807, 2.05) is 62.4 Å². The minimum absolute atomic E-state index is 0.261. The van der Waals surface area contributed by atoms with Gasteiger partial charge in [0.15, 0.2) is 0 Å². The van der Waals surface area contributed by atoms with Crippen LogP contribution < -0.4 is 5.32 Å². The highest BCUT2D eigenvalue weighted by atomic mass is 16.1. The zero-order valence-electron chi connectivity index (χ0n) is 14.3. The van der Waals surface area contributed by atoms with E-state index >= 15 is 0 Å². The highest BCUT2D eigenvalue weighted by molar-refractivity contribution is 5.95. The first-order chi connectivity index (χ1) is 12.1. The number of carbonyl (C=O) groups is 1. The quantitative estimate of drug-likeness (QED) is 0.789. The van der Waals surface area contributed by atoms with E-state index in [-0.39, 0.29) is 5.91 Å². The van der Waals surface area contributed by atoms with Crippen LogP contribution in [0, 0.1) is 25.2 Å². The summed E-state index contributed by atoms with van der Waals surface area (Å²) in [5, 5.41) is 12.3. The molecular formula is C21H19N3O. The lowest BCUT2D eigenvalue weighted by molar-refractivity contribution is 0.0944. The summed E-state index contributed by atoms with van der Waals surface area (Å²) in [5.41, 5.74) is 4.94. The largest absolute Gasteiger partial charge is 0.347 e. The fraction of sp³-hybridized carbons (Fsp3) is 0.143. The fourth-order valence-electron chi connectivity index (χ4n) is 2.71. The Morgan fingerprint density at radius 2 is 1.84 bits per heavy atom. The molecule has 0 spiro atoms. The van der Waals surface area contributed by atoms with Gasteiger partial charge in [0.25, 0.3) is 5.91 Å². The maximum Gasteiger partial charge on any atom is 0.269 e. The van der Waals surface area contributed by atoms with Crippen molar-refractivity contribution in [2.24, 2.45) is 0 Å². The van der Waals surface area contributed by atoms with Gasteiger partial charge in [-0.15, -0.1) is 0 Å². The maximum atomic E-state index is 12.7. The van der Waals surface area contributed by atoms with Crippen LogP contribution in [0.4, 0.5) is 0 Å². The predicted octanol–water partition coefficient (Wildman–Crippen LogP) is 3.90. The van der Waals surface area contributed by atoms with E-state index in [9.17, 15) is 10.1 Å². The molecule has 0 atom stereocenters. The van der Waals surface area contributed by atoms with Gasteiger partial charge in [0.1, 0.15) is 11.8 Å². The smallest absolute Gasteiger partial charge is 0.269 e. The van der Waals surface area contributed by atoms with Crippen LogP contribution in [0.15, 0.2) is 60.8 Å². The molecule has 0 fully saturated rings. The number of benzene rings is 2. The van der Waals surface area contributed by atoms with Crippen molar-refractivity contribution in [2.45, 2.75) is 20.4 Å². The first-order valence-electron chi connectivity index (χ1n) is 8.11. The summed E-state index contributed by atoms with van der Waals surface area (Å²) in [6, 6.07) is 19.5. The van der Waals surface area contributed by atoms with Crippen LogP contribution in [-0.2, 0) is 6.54 Å². The topological polar surface area (TPSA) is 57.8 Å². The molecule has 2 aromatic carbocycles. The van der Waals surface area contributed by atoms with Gasteiger partial charge < -0.3 is 9.88 Å². The van der Waals surface area contributed by atoms with Crippen molar-refractivity contribution in [2.75, 3.05) is 0 Å². The molecule has 0 unspecified atom stereocenters. The third-order valence-corrected chi connectivity index (χ3v) is 4.29. The molecule has 4 heteroatoms. The molecule has 0 bridgehead atoms. The van der Waals surface area contributed by atoms with Crippen molar-refractivity contribution in [3.63, 3.8) is 0 Å². The SMILES string of the molecule is Cc1ccc(-n2ccc(C#N)c2C(=O)NCc2ccccc2)cc1C. The molecule has 1 heterocycles. The van der Waals surface area contributed by atoms with Crippen LogP contribution >= 0.6 is 0 Å². The van der Waals surface area contributed by atoms with Gasteiger partial charge in [0.05, 0.1) is 5.56 Å². The minimum Gasteiger partial charge on any atom is -0.347 e. The van der Waals surface area contributed by atoms with E-state index in [1.54, 1.807) is 16.8 Å². The summed E-state index contributed by atoms with van der Waals surface area (Å²) in [6.07, 6.45) is 1.76. The Hall–Kier alpha value is -3.32. The summed E-state index contributed by atoms with van der Waals surface area (Å²) < 4.78 is 1.77. The Kier molecular flexibility index (Phi) is 4.67. The average molecular weight is 329 g/mol. The summed E-state index contributed by atoms with van der Waals surface area (Å²) in [5.74, 6) is -0.261. The number of aryl methyl sites for hydroxylation is 2. The van der Waals surface area contributed by atoms with Gasteiger partial charge in [-0.25, -0.2) is 0 Å². The Morgan fingerprint density at radius 1 is 1.08 bits per heavy atom. The molecule has 0 aliphatic carbocycles. The van der Waals surface area contributed by atoms with Crippen molar-refractivity contribution >= 4 is 5.91 Å². The van der Waals surface area contributed by atoms with E-state index in [1.165, 1.54) is 5.56 Å². The number of carbonyl (C=O) groups excluding carboxylic acids is 1. The molecule has 3 aromatic rings. The summed E-state index contributed by atoms with van der Waals surface area (Å²) in [6.45, 7) is 4.49. The Balaban J connectivity index is 1.92. The third kappa shape index (κ3) is 3.46. The molecule has 25 heavy (non-hydrogen) atoms. The van der Waals surface area contributed by atoms with Gasteiger partial charge in [0, 0.05) is 18.4 Å². The molecular weight excluding hydrogens is 310 g/mol. The van der Waals surface area contributed by atoms with Crippen LogP contribution in [0.3, 0.4) is 0 Å². The Bertz CT molecular complexity index is 949. The molecule has 1 N–H and O–H groups in total. The van der Waals surface area contributed by atoms with E-state index < -0.39 is 0 Å². The van der Waals surface area contributed by atoms with Gasteiger partial charge in [-0.2, -0.15) is 5.26 Å². The number of amides is 1. The van der Waals surface area contributed by atoms with Gasteiger partial charge >= 0.3 is 0 Å². The monoisotopic (exact) mass is 329 g/mol. The minimum atomic E-state index is -0.261. The zero-order valence-corrected chi connectivity index (χ0v) is 14.3. The lowest BCUT2D eigenvalue weighted by atomic mass is 10.1. The van der Waals surface area contributed by atoms with Gasteiger partial charge in [-0.05, 0) is 48.7 Å². The second kappa shape index (κ2) is 7.06. The maximum absolute atomic E-state index is 12.7. The lowest BCUT2D eigenvalue weighted by Gasteiger charge is -2.12. The number of aromatic nitrogens is 1. The van der Waals surface area contributed by atoms with Crippen molar-refractivity contribution < 1.29 is 4.79 Å². The third-order valence-electron chi connectivity index (χ3n) is 4.29. The van der Waals surface area contributed by atoms with E-state index in [2.05, 4.69) is 11.4 Å². The lowest BCUT2D eigenvalue weighted by Crippen LogP contribution is -2.26. The number of nitriles is 1. The Morgan fingerprint density at radius 3 is 2.52 bits per heavy atom. The number of hydrogen-bond donors (Lipinski definition) is 1. The first kappa shape index (κ1) is 16.5. The van der Waals surface area contributed by atoms with Crippen LogP contribution in [0.2, 0.25) is 0 Å². The molecule has 0 saturated heterocycles. The summed E-state index contributed by atoms with van der Waals surface area (Å²) >= 11 is 0. The normalized spacial score (nSPS) is 10.3. The van der Waals surface area contributed by atoms with Crippen LogP contribution in [0.5, 0.6) is 0 Å². The van der Waals surface area contributed by atoms with Gasteiger partial charge in [-0.1, -0.05) is 36.4 Å². The first-order valence-corrected chi connectivity index (χ1v) is 8.11. The number of rotatable bonds is 4. The van der Waals surface area contributed by atoms with Crippen LogP contribution in [-0.4, -0.2) is 10.5 Å². The fourth-order valence-corrected chi connectivity index (χ4v) is 2.71. The van der Waals surface area contributed by atoms with Gasteiger partial charge in [0.2, 0.25) is 0 Å². The van der Waals surface area contributed by atoms with E-state index in [0.717, 1.165) is 16.8 Å².